The summed E-state index contributed by atoms with van der Waals surface area (Å²) in [4.78, 5) is 0. The standard InChI is InChI=1S/C18H21NO2/c1-5-19-16-7-6-14(21-4)9-15(16)17-12(3)13(10-20)8-11(2)18(17)19/h6-9,20H,5,10H2,1-4H3. The Balaban J connectivity index is 2.57. The van der Waals surface area contributed by atoms with Gasteiger partial charge in [-0.2, -0.15) is 0 Å². The molecule has 3 heteroatoms. The maximum atomic E-state index is 9.61. The molecule has 0 bridgehead atoms. The highest BCUT2D eigenvalue weighted by Crippen LogP contribution is 2.36. The highest BCUT2D eigenvalue weighted by molar-refractivity contribution is 6.11. The summed E-state index contributed by atoms with van der Waals surface area (Å²) >= 11 is 0. The van der Waals surface area contributed by atoms with Gasteiger partial charge in [0.15, 0.2) is 0 Å². The number of benzene rings is 2. The molecule has 0 aliphatic rings. The zero-order valence-corrected chi connectivity index (χ0v) is 13.0. The van der Waals surface area contributed by atoms with Crippen LogP contribution in [0.3, 0.4) is 0 Å². The summed E-state index contributed by atoms with van der Waals surface area (Å²) in [7, 11) is 1.69. The lowest BCUT2D eigenvalue weighted by molar-refractivity contribution is 0.281. The Kier molecular flexibility index (Phi) is 3.38. The first-order valence-electron chi connectivity index (χ1n) is 7.32. The lowest BCUT2D eigenvalue weighted by atomic mass is 9.99. The number of methoxy groups -OCH3 is 1. The van der Waals surface area contributed by atoms with Crippen molar-refractivity contribution in [1.82, 2.24) is 4.57 Å². The van der Waals surface area contributed by atoms with E-state index in [4.69, 9.17) is 4.74 Å². The molecule has 1 heterocycles. The van der Waals surface area contributed by atoms with E-state index in [1.54, 1.807) is 7.11 Å². The minimum atomic E-state index is 0.0748. The molecular formula is C18H21NO2. The second-order valence-corrected chi connectivity index (χ2v) is 5.49. The molecular weight excluding hydrogens is 262 g/mol. The maximum Gasteiger partial charge on any atom is 0.119 e. The second-order valence-electron chi connectivity index (χ2n) is 5.49. The van der Waals surface area contributed by atoms with Gasteiger partial charge in [0.1, 0.15) is 5.75 Å². The number of nitrogens with zero attached hydrogens (tertiary/aromatic N) is 1. The molecule has 0 unspecified atom stereocenters. The molecule has 0 aliphatic heterocycles. The summed E-state index contributed by atoms with van der Waals surface area (Å²) in [6.45, 7) is 7.36. The molecule has 0 aliphatic carbocycles. The molecule has 0 fully saturated rings. The monoisotopic (exact) mass is 283 g/mol. The zero-order chi connectivity index (χ0) is 15.1. The third-order valence-electron chi connectivity index (χ3n) is 4.38. The summed E-state index contributed by atoms with van der Waals surface area (Å²) < 4.78 is 7.72. The van der Waals surface area contributed by atoms with Gasteiger partial charge < -0.3 is 14.4 Å². The molecule has 0 radical (unpaired) electrons. The quantitative estimate of drug-likeness (QED) is 0.790. The largest absolute Gasteiger partial charge is 0.497 e. The number of aryl methyl sites for hydroxylation is 3. The SMILES string of the molecule is CCn1c2ccc(OC)cc2c2c(C)c(CO)cc(C)c21. The van der Waals surface area contributed by atoms with Crippen LogP contribution in [0.25, 0.3) is 21.8 Å². The van der Waals surface area contributed by atoms with E-state index >= 15 is 0 Å². The highest BCUT2D eigenvalue weighted by Gasteiger charge is 2.16. The van der Waals surface area contributed by atoms with E-state index in [-0.39, 0.29) is 6.61 Å². The van der Waals surface area contributed by atoms with Crippen LogP contribution >= 0.6 is 0 Å². The third-order valence-corrected chi connectivity index (χ3v) is 4.38. The van der Waals surface area contributed by atoms with E-state index in [9.17, 15) is 5.11 Å². The van der Waals surface area contributed by atoms with E-state index in [2.05, 4.69) is 43.5 Å². The Bertz CT molecular complexity index is 830. The van der Waals surface area contributed by atoms with Crippen molar-refractivity contribution in [2.45, 2.75) is 33.9 Å². The minimum Gasteiger partial charge on any atom is -0.497 e. The number of aliphatic hydroxyl groups is 1. The first-order valence-corrected chi connectivity index (χ1v) is 7.32. The van der Waals surface area contributed by atoms with Gasteiger partial charge in [0, 0.05) is 22.8 Å². The Morgan fingerprint density at radius 1 is 1.19 bits per heavy atom. The van der Waals surface area contributed by atoms with Crippen LogP contribution in [0.2, 0.25) is 0 Å². The average molecular weight is 283 g/mol. The molecule has 0 saturated carbocycles. The average Bonchev–Trinajstić information content (AvgIpc) is 2.84. The van der Waals surface area contributed by atoms with Crippen LogP contribution in [0.5, 0.6) is 5.75 Å². The molecule has 3 rings (SSSR count). The predicted molar refractivity (Wildman–Crippen MR) is 87.1 cm³/mol. The number of aliphatic hydroxyl groups excluding tert-OH is 1. The van der Waals surface area contributed by atoms with Crippen molar-refractivity contribution >= 4 is 21.8 Å². The lowest BCUT2D eigenvalue weighted by Gasteiger charge is -2.10. The van der Waals surface area contributed by atoms with Crippen LogP contribution in [-0.2, 0) is 13.2 Å². The lowest BCUT2D eigenvalue weighted by Crippen LogP contribution is -1.97. The molecule has 0 atom stereocenters. The zero-order valence-electron chi connectivity index (χ0n) is 13.0. The molecule has 3 nitrogen and oxygen atoms in total. The molecule has 1 aromatic heterocycles. The summed E-state index contributed by atoms with van der Waals surface area (Å²) in [6.07, 6.45) is 0. The third kappa shape index (κ3) is 1.92. The predicted octanol–water partition coefficient (Wildman–Crippen LogP) is 3.93. The van der Waals surface area contributed by atoms with Crippen LogP contribution in [0, 0.1) is 13.8 Å². The number of hydrogen-bond donors (Lipinski definition) is 1. The Morgan fingerprint density at radius 3 is 2.57 bits per heavy atom. The fourth-order valence-electron chi connectivity index (χ4n) is 3.34. The summed E-state index contributed by atoms with van der Waals surface area (Å²) in [5, 5.41) is 12.0. The van der Waals surface area contributed by atoms with E-state index in [0.29, 0.717) is 0 Å². The number of hydrogen-bond acceptors (Lipinski definition) is 2. The van der Waals surface area contributed by atoms with Crippen molar-refractivity contribution in [2.24, 2.45) is 0 Å². The minimum absolute atomic E-state index is 0.0748. The first kappa shape index (κ1) is 14.0. The smallest absolute Gasteiger partial charge is 0.119 e. The van der Waals surface area contributed by atoms with Crippen molar-refractivity contribution in [3.05, 3.63) is 41.0 Å². The molecule has 1 N–H and O–H groups in total. The second kappa shape index (κ2) is 5.08. The van der Waals surface area contributed by atoms with Crippen LogP contribution in [-0.4, -0.2) is 16.8 Å². The van der Waals surface area contributed by atoms with E-state index in [0.717, 1.165) is 23.4 Å². The Hall–Kier alpha value is -2.00. The molecule has 2 aromatic carbocycles. The number of ether oxygens (including phenoxy) is 1. The van der Waals surface area contributed by atoms with Gasteiger partial charge in [-0.05, 0) is 55.7 Å². The molecule has 0 amide bonds. The number of rotatable bonds is 3. The van der Waals surface area contributed by atoms with Gasteiger partial charge in [0.25, 0.3) is 0 Å². The van der Waals surface area contributed by atoms with Gasteiger partial charge in [0.05, 0.1) is 19.2 Å². The van der Waals surface area contributed by atoms with E-state index in [1.165, 1.54) is 27.4 Å². The topological polar surface area (TPSA) is 34.4 Å². The number of aromatic nitrogens is 1. The fraction of sp³-hybridized carbons (Fsp3) is 0.333. The van der Waals surface area contributed by atoms with Gasteiger partial charge in [-0.3, -0.25) is 0 Å². The van der Waals surface area contributed by atoms with Crippen LogP contribution in [0.4, 0.5) is 0 Å². The van der Waals surface area contributed by atoms with Crippen molar-refractivity contribution in [1.29, 1.82) is 0 Å². The van der Waals surface area contributed by atoms with Gasteiger partial charge in [-0.1, -0.05) is 6.07 Å². The van der Waals surface area contributed by atoms with Crippen molar-refractivity contribution in [2.75, 3.05) is 7.11 Å². The Labute approximate surface area is 124 Å². The fourth-order valence-corrected chi connectivity index (χ4v) is 3.34. The van der Waals surface area contributed by atoms with E-state index in [1.807, 2.05) is 6.07 Å². The summed E-state index contributed by atoms with van der Waals surface area (Å²) in [6, 6.07) is 8.32. The van der Waals surface area contributed by atoms with Crippen molar-refractivity contribution in [3.63, 3.8) is 0 Å². The summed E-state index contributed by atoms with van der Waals surface area (Å²) in [5.41, 5.74) is 5.84. The molecule has 3 aromatic rings. The molecule has 110 valence electrons. The highest BCUT2D eigenvalue weighted by atomic mass is 16.5. The van der Waals surface area contributed by atoms with Crippen LogP contribution < -0.4 is 4.74 Å². The van der Waals surface area contributed by atoms with Crippen molar-refractivity contribution in [3.8, 4) is 5.75 Å². The first-order chi connectivity index (χ1) is 10.1. The molecule has 0 saturated heterocycles. The van der Waals surface area contributed by atoms with E-state index < -0.39 is 0 Å². The van der Waals surface area contributed by atoms with Crippen molar-refractivity contribution < 1.29 is 9.84 Å². The van der Waals surface area contributed by atoms with Crippen LogP contribution in [0.15, 0.2) is 24.3 Å². The van der Waals surface area contributed by atoms with Gasteiger partial charge >= 0.3 is 0 Å². The molecule has 0 spiro atoms. The van der Waals surface area contributed by atoms with Crippen LogP contribution in [0.1, 0.15) is 23.6 Å². The Morgan fingerprint density at radius 2 is 1.95 bits per heavy atom. The van der Waals surface area contributed by atoms with Gasteiger partial charge in [0.2, 0.25) is 0 Å². The molecule has 21 heavy (non-hydrogen) atoms. The summed E-state index contributed by atoms with van der Waals surface area (Å²) in [5.74, 6) is 0.865. The van der Waals surface area contributed by atoms with Gasteiger partial charge in [-0.15, -0.1) is 0 Å². The number of fused-ring (bicyclic) bond motifs is 3. The normalized spacial score (nSPS) is 11.5. The van der Waals surface area contributed by atoms with Gasteiger partial charge in [-0.25, -0.2) is 0 Å². The maximum absolute atomic E-state index is 9.61.